The lowest BCUT2D eigenvalue weighted by Gasteiger charge is -2.28. The number of aliphatic imine (C=N–C) groups is 1. The third-order valence-corrected chi connectivity index (χ3v) is 5.50. The Morgan fingerprint density at radius 1 is 0.812 bits per heavy atom. The molecule has 4 nitrogen and oxygen atoms in total. The van der Waals surface area contributed by atoms with Gasteiger partial charge in [-0.25, -0.2) is 0 Å². The molecule has 0 aliphatic carbocycles. The second kappa shape index (κ2) is 9.07. The third-order valence-electron chi connectivity index (χ3n) is 5.50. The van der Waals surface area contributed by atoms with E-state index < -0.39 is 0 Å². The number of phenolic OH excluding ortho intramolecular Hbond substituents is 2. The van der Waals surface area contributed by atoms with Gasteiger partial charge in [0.1, 0.15) is 11.5 Å². The van der Waals surface area contributed by atoms with E-state index in [0.29, 0.717) is 17.8 Å². The van der Waals surface area contributed by atoms with Gasteiger partial charge in [0.2, 0.25) is 0 Å². The van der Waals surface area contributed by atoms with E-state index in [1.165, 1.54) is 0 Å². The van der Waals surface area contributed by atoms with Gasteiger partial charge in [-0.15, -0.1) is 0 Å². The maximum atomic E-state index is 11.1. The Hall–Kier alpha value is -3.27. The van der Waals surface area contributed by atoms with Crippen LogP contribution in [0.15, 0.2) is 65.7 Å². The average Bonchev–Trinajstić information content (AvgIpc) is 2.70. The Bertz CT molecular complexity index is 1120. The van der Waals surface area contributed by atoms with Crippen LogP contribution in [0.5, 0.6) is 11.5 Å². The minimum absolute atomic E-state index is 0.0500. The number of hydrogen-bond acceptors (Lipinski definition) is 4. The van der Waals surface area contributed by atoms with Crippen molar-refractivity contribution in [1.29, 1.82) is 0 Å². The van der Waals surface area contributed by atoms with Gasteiger partial charge in [-0.1, -0.05) is 77.9 Å². The fourth-order valence-electron chi connectivity index (χ4n) is 3.50. The highest BCUT2D eigenvalue weighted by atomic mass is 16.3. The number of anilines is 2. The lowest BCUT2D eigenvalue weighted by molar-refractivity contribution is 0.447. The zero-order valence-corrected chi connectivity index (χ0v) is 19.9. The van der Waals surface area contributed by atoms with Crippen molar-refractivity contribution in [1.82, 2.24) is 0 Å². The van der Waals surface area contributed by atoms with E-state index in [1.807, 2.05) is 42.5 Å². The molecule has 0 unspecified atom stereocenters. The van der Waals surface area contributed by atoms with Crippen molar-refractivity contribution in [3.63, 3.8) is 0 Å². The van der Waals surface area contributed by atoms with Gasteiger partial charge < -0.3 is 15.5 Å². The summed E-state index contributed by atoms with van der Waals surface area (Å²) in [6.45, 7) is 13.3. The molecule has 0 aromatic heterocycles. The first-order chi connectivity index (χ1) is 15.0. The average molecular weight is 431 g/mol. The predicted octanol–water partition coefficient (Wildman–Crippen LogP) is 7.06. The Labute approximate surface area is 191 Å². The van der Waals surface area contributed by atoms with E-state index in [0.717, 1.165) is 22.4 Å². The van der Waals surface area contributed by atoms with Gasteiger partial charge in [0, 0.05) is 23.0 Å². The lowest BCUT2D eigenvalue weighted by atomic mass is 9.79. The monoisotopic (exact) mass is 430 g/mol. The van der Waals surface area contributed by atoms with Crippen LogP contribution in [0.25, 0.3) is 0 Å². The SMILES string of the molecule is CC(C)(C)c1cc(Nc2ccccc2CN=Cc2ccccc2O)c(O)c(C(C)(C)C)c1. The molecule has 0 aliphatic heterocycles. The number of nitrogens with one attached hydrogen (secondary N) is 1. The number of phenols is 2. The molecule has 0 atom stereocenters. The smallest absolute Gasteiger partial charge is 0.142 e. The Morgan fingerprint density at radius 2 is 1.47 bits per heavy atom. The first-order valence-electron chi connectivity index (χ1n) is 11.0. The Balaban J connectivity index is 1.95. The number of aromatic hydroxyl groups is 2. The van der Waals surface area contributed by atoms with Crippen LogP contribution in [0, 0.1) is 0 Å². The van der Waals surface area contributed by atoms with Crippen molar-refractivity contribution in [2.24, 2.45) is 4.99 Å². The van der Waals surface area contributed by atoms with Gasteiger partial charge in [-0.05, 0) is 46.2 Å². The van der Waals surface area contributed by atoms with E-state index in [4.69, 9.17) is 0 Å². The molecule has 0 aliphatic rings. The molecule has 0 heterocycles. The Morgan fingerprint density at radius 3 is 2.12 bits per heavy atom. The summed E-state index contributed by atoms with van der Waals surface area (Å²) in [5.41, 5.74) is 5.11. The number of hydrogen-bond donors (Lipinski definition) is 3. The summed E-state index contributed by atoms with van der Waals surface area (Å²) < 4.78 is 0. The minimum Gasteiger partial charge on any atom is -0.507 e. The molecule has 0 spiro atoms. The molecule has 0 saturated heterocycles. The lowest BCUT2D eigenvalue weighted by Crippen LogP contribution is -2.17. The van der Waals surface area contributed by atoms with Crippen LogP contribution in [-0.2, 0) is 17.4 Å². The van der Waals surface area contributed by atoms with Crippen molar-refractivity contribution in [3.05, 3.63) is 82.9 Å². The van der Waals surface area contributed by atoms with E-state index in [-0.39, 0.29) is 22.3 Å². The fraction of sp³-hybridized carbons (Fsp3) is 0.321. The van der Waals surface area contributed by atoms with Gasteiger partial charge in [0.05, 0.1) is 12.2 Å². The minimum atomic E-state index is -0.191. The summed E-state index contributed by atoms with van der Waals surface area (Å²) in [5.74, 6) is 0.485. The molecule has 0 radical (unpaired) electrons. The summed E-state index contributed by atoms with van der Waals surface area (Å²) in [4.78, 5) is 4.52. The Kier molecular flexibility index (Phi) is 6.63. The number of rotatable bonds is 5. The van der Waals surface area contributed by atoms with E-state index in [9.17, 15) is 10.2 Å². The van der Waals surface area contributed by atoms with Gasteiger partial charge in [0.15, 0.2) is 0 Å². The van der Waals surface area contributed by atoms with Crippen LogP contribution in [0.3, 0.4) is 0 Å². The molecule has 3 aromatic rings. The first-order valence-corrected chi connectivity index (χ1v) is 11.0. The molecule has 0 amide bonds. The summed E-state index contributed by atoms with van der Waals surface area (Å²) in [7, 11) is 0. The summed E-state index contributed by atoms with van der Waals surface area (Å²) >= 11 is 0. The molecule has 0 saturated carbocycles. The van der Waals surface area contributed by atoms with Crippen molar-refractivity contribution < 1.29 is 10.2 Å². The zero-order valence-electron chi connectivity index (χ0n) is 19.9. The molecule has 3 rings (SSSR count). The van der Waals surface area contributed by atoms with Gasteiger partial charge in [0.25, 0.3) is 0 Å². The van der Waals surface area contributed by atoms with E-state index >= 15 is 0 Å². The maximum Gasteiger partial charge on any atom is 0.142 e. The van der Waals surface area contributed by atoms with Crippen LogP contribution in [0.4, 0.5) is 11.4 Å². The fourth-order valence-corrected chi connectivity index (χ4v) is 3.50. The number of benzene rings is 3. The van der Waals surface area contributed by atoms with Crippen LogP contribution in [-0.4, -0.2) is 16.4 Å². The van der Waals surface area contributed by atoms with Crippen molar-refractivity contribution >= 4 is 17.6 Å². The topological polar surface area (TPSA) is 64.9 Å². The van der Waals surface area contributed by atoms with Gasteiger partial charge >= 0.3 is 0 Å². The highest BCUT2D eigenvalue weighted by Gasteiger charge is 2.25. The molecule has 0 fully saturated rings. The summed E-state index contributed by atoms with van der Waals surface area (Å²) in [5, 5.41) is 24.5. The summed E-state index contributed by atoms with van der Waals surface area (Å²) in [6, 6.07) is 19.2. The van der Waals surface area contributed by atoms with E-state index in [1.54, 1.807) is 18.3 Å². The normalized spacial score (nSPS) is 12.3. The molecule has 3 N–H and O–H groups in total. The molecule has 168 valence electrons. The van der Waals surface area contributed by atoms with Crippen LogP contribution in [0.1, 0.15) is 63.8 Å². The van der Waals surface area contributed by atoms with E-state index in [2.05, 4.69) is 57.9 Å². The molecular formula is C28H34N2O2. The van der Waals surface area contributed by atoms with Crippen LogP contribution < -0.4 is 5.32 Å². The largest absolute Gasteiger partial charge is 0.507 e. The van der Waals surface area contributed by atoms with Crippen molar-refractivity contribution in [3.8, 4) is 11.5 Å². The van der Waals surface area contributed by atoms with Gasteiger partial charge in [-0.3, -0.25) is 4.99 Å². The quantitative estimate of drug-likeness (QED) is 0.300. The second-order valence-corrected chi connectivity index (χ2v) is 10.2. The zero-order chi connectivity index (χ0) is 23.5. The van der Waals surface area contributed by atoms with Crippen LogP contribution >= 0.6 is 0 Å². The molecular weight excluding hydrogens is 396 g/mol. The maximum absolute atomic E-state index is 11.1. The second-order valence-electron chi connectivity index (χ2n) is 10.2. The highest BCUT2D eigenvalue weighted by molar-refractivity contribution is 5.83. The first kappa shape index (κ1) is 23.4. The standard InChI is InChI=1S/C28H34N2O2/c1-27(2,3)21-15-22(28(4,5)6)26(32)24(16-21)30-23-13-9-7-11-19(23)17-29-18-20-12-8-10-14-25(20)31/h7-16,18,30-32H,17H2,1-6H3. The molecule has 4 heteroatoms. The highest BCUT2D eigenvalue weighted by Crippen LogP contribution is 2.41. The number of nitrogens with zero attached hydrogens (tertiary/aromatic N) is 1. The number of para-hydroxylation sites is 2. The van der Waals surface area contributed by atoms with Crippen LogP contribution in [0.2, 0.25) is 0 Å². The van der Waals surface area contributed by atoms with Gasteiger partial charge in [-0.2, -0.15) is 0 Å². The third kappa shape index (κ3) is 5.50. The predicted molar refractivity (Wildman–Crippen MR) is 135 cm³/mol. The van der Waals surface area contributed by atoms with Crippen molar-refractivity contribution in [2.45, 2.75) is 58.9 Å². The molecule has 32 heavy (non-hydrogen) atoms. The molecule has 0 bridgehead atoms. The van der Waals surface area contributed by atoms with Crippen molar-refractivity contribution in [2.75, 3.05) is 5.32 Å². The summed E-state index contributed by atoms with van der Waals surface area (Å²) in [6.07, 6.45) is 1.68. The molecule has 3 aromatic carbocycles.